The lowest BCUT2D eigenvalue weighted by Gasteiger charge is -2.31. The van der Waals surface area contributed by atoms with Gasteiger partial charge in [-0.15, -0.1) is 0 Å². The predicted molar refractivity (Wildman–Crippen MR) is 88.8 cm³/mol. The number of carbonyl (C=O) groups excluding carboxylic acids is 1. The van der Waals surface area contributed by atoms with Crippen LogP contribution in [0.3, 0.4) is 0 Å². The summed E-state index contributed by atoms with van der Waals surface area (Å²) in [5.41, 5.74) is 0.771. The van der Waals surface area contributed by atoms with Gasteiger partial charge in [0.05, 0.1) is 0 Å². The lowest BCUT2D eigenvalue weighted by molar-refractivity contribution is -0.0337. The fourth-order valence-electron chi connectivity index (χ4n) is 3.13. The van der Waals surface area contributed by atoms with Crippen LogP contribution in [-0.4, -0.2) is 33.6 Å². The van der Waals surface area contributed by atoms with Gasteiger partial charge < -0.3 is 19.6 Å². The Kier molecular flexibility index (Phi) is 4.80. The molecule has 1 aliphatic rings. The molecule has 2 N–H and O–H groups in total. The first-order chi connectivity index (χ1) is 11.5. The molecule has 0 spiro atoms. The van der Waals surface area contributed by atoms with Gasteiger partial charge in [-0.1, -0.05) is 0 Å². The molecule has 1 saturated heterocycles. The summed E-state index contributed by atoms with van der Waals surface area (Å²) in [6, 6.07) is 2.99. The van der Waals surface area contributed by atoms with Gasteiger partial charge in [0.1, 0.15) is 11.9 Å². The summed E-state index contributed by atoms with van der Waals surface area (Å²) < 4.78 is 7.85. The molecule has 0 aromatic carbocycles. The molecule has 0 bridgehead atoms. The van der Waals surface area contributed by atoms with Crippen molar-refractivity contribution in [2.45, 2.75) is 25.9 Å². The van der Waals surface area contributed by atoms with Gasteiger partial charge in [-0.05, 0) is 25.8 Å². The predicted octanol–water partition coefficient (Wildman–Crippen LogP) is 1.31. The van der Waals surface area contributed by atoms with E-state index in [1.807, 2.05) is 17.8 Å². The number of amides is 1. The lowest BCUT2D eigenvalue weighted by atomic mass is 9.93. The highest BCUT2D eigenvalue weighted by Crippen LogP contribution is 2.32. The minimum atomic E-state index is -0.271. The summed E-state index contributed by atoms with van der Waals surface area (Å²) >= 11 is 0. The van der Waals surface area contributed by atoms with E-state index in [0.29, 0.717) is 24.4 Å². The Labute approximate surface area is 140 Å². The summed E-state index contributed by atoms with van der Waals surface area (Å²) in [4.78, 5) is 30.8. The number of aromatic amines is 1. The molecular weight excluding hydrogens is 308 g/mol. The van der Waals surface area contributed by atoms with Crippen LogP contribution in [0.15, 0.2) is 29.3 Å². The minimum Gasteiger partial charge on any atom is -0.370 e. The number of hydrogen-bond acceptors (Lipinski definition) is 4. The molecule has 2 aromatic rings. The molecule has 1 fully saturated rings. The number of ether oxygens (including phenoxy) is 1. The summed E-state index contributed by atoms with van der Waals surface area (Å²) in [7, 11) is 1.94. The van der Waals surface area contributed by atoms with Crippen molar-refractivity contribution in [2.75, 3.05) is 13.2 Å². The maximum Gasteiger partial charge on any atom is 0.251 e. The zero-order valence-corrected chi connectivity index (χ0v) is 13.9. The van der Waals surface area contributed by atoms with Gasteiger partial charge in [0.25, 0.3) is 5.91 Å². The molecule has 7 nitrogen and oxygen atoms in total. The van der Waals surface area contributed by atoms with Gasteiger partial charge in [-0.25, -0.2) is 4.98 Å². The van der Waals surface area contributed by atoms with Gasteiger partial charge in [0.15, 0.2) is 0 Å². The first kappa shape index (κ1) is 16.4. The van der Waals surface area contributed by atoms with E-state index in [1.54, 1.807) is 19.2 Å². The van der Waals surface area contributed by atoms with Crippen molar-refractivity contribution < 1.29 is 9.53 Å². The highest BCUT2D eigenvalue weighted by atomic mass is 16.5. The number of imidazole rings is 1. The van der Waals surface area contributed by atoms with Crippen LogP contribution in [0.4, 0.5) is 0 Å². The number of aromatic nitrogens is 3. The van der Waals surface area contributed by atoms with Crippen LogP contribution in [0.2, 0.25) is 0 Å². The largest absolute Gasteiger partial charge is 0.370 e. The second kappa shape index (κ2) is 7.00. The molecule has 128 valence electrons. The second-order valence-electron chi connectivity index (χ2n) is 6.22. The molecule has 0 saturated carbocycles. The molecule has 24 heavy (non-hydrogen) atoms. The van der Waals surface area contributed by atoms with Crippen molar-refractivity contribution in [3.05, 3.63) is 52.0 Å². The molecule has 7 heteroatoms. The summed E-state index contributed by atoms with van der Waals surface area (Å²) in [5, 5.41) is 2.93. The number of aryl methyl sites for hydroxylation is 2. The zero-order chi connectivity index (χ0) is 17.1. The van der Waals surface area contributed by atoms with Crippen LogP contribution in [-0.2, 0) is 11.8 Å². The van der Waals surface area contributed by atoms with Crippen molar-refractivity contribution in [1.29, 1.82) is 0 Å². The fourth-order valence-corrected chi connectivity index (χ4v) is 3.13. The van der Waals surface area contributed by atoms with Crippen molar-refractivity contribution in [2.24, 2.45) is 13.0 Å². The quantitative estimate of drug-likeness (QED) is 0.885. The molecule has 3 heterocycles. The highest BCUT2D eigenvalue weighted by Gasteiger charge is 2.30. The van der Waals surface area contributed by atoms with Crippen molar-refractivity contribution in [3.8, 4) is 0 Å². The van der Waals surface area contributed by atoms with Gasteiger partial charge >= 0.3 is 0 Å². The lowest BCUT2D eigenvalue weighted by Crippen LogP contribution is -2.36. The van der Waals surface area contributed by atoms with Crippen LogP contribution in [0, 0.1) is 12.8 Å². The van der Waals surface area contributed by atoms with Crippen LogP contribution in [0.1, 0.15) is 40.8 Å². The third kappa shape index (κ3) is 3.56. The maximum atomic E-state index is 12.3. The van der Waals surface area contributed by atoms with Crippen molar-refractivity contribution >= 4 is 5.91 Å². The number of hydrogen-bond donors (Lipinski definition) is 2. The Morgan fingerprint density at radius 1 is 1.50 bits per heavy atom. The van der Waals surface area contributed by atoms with E-state index in [9.17, 15) is 9.59 Å². The zero-order valence-electron chi connectivity index (χ0n) is 13.9. The van der Waals surface area contributed by atoms with Gasteiger partial charge in [0, 0.05) is 55.8 Å². The Balaban J connectivity index is 1.69. The SMILES string of the molecule is Cc1cc(C(=O)NC[C@@H]2CCCO[C@H]2c2nccn2C)cc(=O)[nH]1. The van der Waals surface area contributed by atoms with Crippen molar-refractivity contribution in [1.82, 2.24) is 19.9 Å². The van der Waals surface area contributed by atoms with E-state index in [1.165, 1.54) is 6.07 Å². The van der Waals surface area contributed by atoms with E-state index in [2.05, 4.69) is 15.3 Å². The van der Waals surface area contributed by atoms with Gasteiger partial charge in [0.2, 0.25) is 5.56 Å². The Bertz CT molecular complexity index is 780. The molecule has 1 aliphatic heterocycles. The molecule has 1 amide bonds. The molecule has 0 radical (unpaired) electrons. The molecule has 2 atom stereocenters. The van der Waals surface area contributed by atoms with Gasteiger partial charge in [-0.2, -0.15) is 0 Å². The number of nitrogens with one attached hydrogen (secondary N) is 2. The van der Waals surface area contributed by atoms with Gasteiger partial charge in [-0.3, -0.25) is 9.59 Å². The van der Waals surface area contributed by atoms with Crippen LogP contribution < -0.4 is 10.9 Å². The average Bonchev–Trinajstić information content (AvgIpc) is 2.98. The third-order valence-corrected chi connectivity index (χ3v) is 4.32. The standard InChI is InChI=1S/C17H22N4O3/c1-11-8-13(9-14(22)20-11)17(23)19-10-12-4-3-7-24-15(12)16-18-5-6-21(16)2/h5-6,8-9,12,15H,3-4,7,10H2,1-2H3,(H,19,23)(H,20,22)/t12-,15+/m0/s1. The molecule has 0 aliphatic carbocycles. The second-order valence-corrected chi connectivity index (χ2v) is 6.22. The number of pyridine rings is 1. The first-order valence-electron chi connectivity index (χ1n) is 8.12. The van der Waals surface area contributed by atoms with Crippen LogP contribution >= 0.6 is 0 Å². The Morgan fingerprint density at radius 2 is 2.33 bits per heavy atom. The first-order valence-corrected chi connectivity index (χ1v) is 8.12. The Morgan fingerprint density at radius 3 is 3.04 bits per heavy atom. The summed E-state index contributed by atoms with van der Waals surface area (Å²) in [5.74, 6) is 0.793. The van der Waals surface area contributed by atoms with Crippen LogP contribution in [0.25, 0.3) is 0 Å². The Hall–Kier alpha value is -2.41. The molecule has 0 unspecified atom stereocenters. The number of H-pyrrole nitrogens is 1. The maximum absolute atomic E-state index is 12.3. The fraction of sp³-hybridized carbons (Fsp3) is 0.471. The summed E-state index contributed by atoms with van der Waals surface area (Å²) in [6.07, 6.45) is 5.45. The van der Waals surface area contributed by atoms with E-state index in [0.717, 1.165) is 18.7 Å². The van der Waals surface area contributed by atoms with Crippen molar-refractivity contribution in [3.63, 3.8) is 0 Å². The highest BCUT2D eigenvalue weighted by molar-refractivity contribution is 5.94. The number of nitrogens with zero attached hydrogens (tertiary/aromatic N) is 2. The van der Waals surface area contributed by atoms with Crippen LogP contribution in [0.5, 0.6) is 0 Å². The minimum absolute atomic E-state index is 0.125. The van der Waals surface area contributed by atoms with E-state index < -0.39 is 0 Å². The third-order valence-electron chi connectivity index (χ3n) is 4.32. The normalized spacial score (nSPS) is 20.8. The summed E-state index contributed by atoms with van der Waals surface area (Å²) in [6.45, 7) is 2.95. The van der Waals surface area contributed by atoms with E-state index >= 15 is 0 Å². The van der Waals surface area contributed by atoms with E-state index in [-0.39, 0.29) is 23.5 Å². The number of carbonyl (C=O) groups is 1. The van der Waals surface area contributed by atoms with E-state index in [4.69, 9.17) is 4.74 Å². The molecular formula is C17H22N4O3. The monoisotopic (exact) mass is 330 g/mol. The number of rotatable bonds is 4. The topological polar surface area (TPSA) is 89.0 Å². The molecule has 2 aromatic heterocycles. The average molecular weight is 330 g/mol. The molecule has 3 rings (SSSR count). The smallest absolute Gasteiger partial charge is 0.251 e.